The standard InChI is InChI=1S/C26H22N6O2/c1-16-6-7-21(30-13-16)18-10-17(11-19(12-18)25(27)33)20(23-14-28-8-9-29-23)15-32-24-5-3-2-4-22(24)31-26(32)34/h2-14,20H,15H2,1H3,(H2,27,33)(H,31,34). The van der Waals surface area contributed by atoms with Gasteiger partial charge in [-0.3, -0.25) is 24.3 Å². The molecule has 5 aromatic rings. The number of carbonyl (C=O) groups excluding carboxylic acids is 1. The van der Waals surface area contributed by atoms with Gasteiger partial charge in [0.25, 0.3) is 0 Å². The Kier molecular flexibility index (Phi) is 5.47. The molecule has 0 bridgehead atoms. The van der Waals surface area contributed by atoms with E-state index in [-0.39, 0.29) is 11.6 Å². The first kappa shape index (κ1) is 21.3. The predicted molar refractivity (Wildman–Crippen MR) is 129 cm³/mol. The van der Waals surface area contributed by atoms with Gasteiger partial charge in [-0.25, -0.2) is 4.79 Å². The zero-order valence-corrected chi connectivity index (χ0v) is 18.5. The maximum absolute atomic E-state index is 12.8. The van der Waals surface area contributed by atoms with E-state index in [4.69, 9.17) is 5.73 Å². The van der Waals surface area contributed by atoms with Gasteiger partial charge in [0.15, 0.2) is 0 Å². The number of aryl methyl sites for hydroxylation is 1. The first-order chi connectivity index (χ1) is 16.5. The quantitative estimate of drug-likeness (QED) is 0.411. The Morgan fingerprint density at radius 3 is 2.65 bits per heavy atom. The van der Waals surface area contributed by atoms with Crippen LogP contribution in [0, 0.1) is 6.92 Å². The number of amides is 1. The van der Waals surface area contributed by atoms with Gasteiger partial charge in [0.1, 0.15) is 0 Å². The van der Waals surface area contributed by atoms with Crippen molar-refractivity contribution in [3.05, 3.63) is 112 Å². The van der Waals surface area contributed by atoms with Crippen LogP contribution in [0.5, 0.6) is 0 Å². The van der Waals surface area contributed by atoms with Crippen molar-refractivity contribution in [3.8, 4) is 11.3 Å². The summed E-state index contributed by atoms with van der Waals surface area (Å²) in [6.07, 6.45) is 6.66. The number of nitrogens with two attached hydrogens (primary N) is 1. The third-order valence-corrected chi connectivity index (χ3v) is 5.84. The molecular formula is C26H22N6O2. The molecule has 0 aliphatic rings. The van der Waals surface area contributed by atoms with Gasteiger partial charge in [-0.2, -0.15) is 0 Å². The minimum Gasteiger partial charge on any atom is -0.366 e. The Labute approximate surface area is 195 Å². The summed E-state index contributed by atoms with van der Waals surface area (Å²) in [5.74, 6) is -0.911. The fourth-order valence-electron chi connectivity index (χ4n) is 4.11. The number of para-hydroxylation sites is 2. The second-order valence-electron chi connectivity index (χ2n) is 8.17. The van der Waals surface area contributed by atoms with Crippen molar-refractivity contribution in [2.75, 3.05) is 0 Å². The fourth-order valence-corrected chi connectivity index (χ4v) is 4.11. The second kappa shape index (κ2) is 8.74. The molecule has 1 atom stereocenters. The normalized spacial score (nSPS) is 12.0. The lowest BCUT2D eigenvalue weighted by atomic mass is 9.91. The number of imidazole rings is 1. The van der Waals surface area contributed by atoms with Crippen LogP contribution in [0.2, 0.25) is 0 Å². The van der Waals surface area contributed by atoms with Gasteiger partial charge in [0, 0.05) is 48.4 Å². The summed E-state index contributed by atoms with van der Waals surface area (Å²) >= 11 is 0. The zero-order chi connectivity index (χ0) is 23.7. The SMILES string of the molecule is Cc1ccc(-c2cc(C(N)=O)cc(C(Cn3c(=O)[nH]c4ccccc43)c3cnccn3)c2)nc1. The van der Waals surface area contributed by atoms with Crippen LogP contribution >= 0.6 is 0 Å². The summed E-state index contributed by atoms with van der Waals surface area (Å²) in [6.45, 7) is 2.26. The van der Waals surface area contributed by atoms with E-state index >= 15 is 0 Å². The van der Waals surface area contributed by atoms with Crippen LogP contribution in [0.3, 0.4) is 0 Å². The number of aromatic nitrogens is 5. The van der Waals surface area contributed by atoms with Crippen LogP contribution in [-0.2, 0) is 6.54 Å². The molecule has 0 spiro atoms. The molecule has 0 aliphatic heterocycles. The number of rotatable bonds is 6. The predicted octanol–water partition coefficient (Wildman–Crippen LogP) is 3.42. The van der Waals surface area contributed by atoms with Crippen molar-refractivity contribution in [1.82, 2.24) is 24.5 Å². The number of fused-ring (bicyclic) bond motifs is 1. The minimum atomic E-state index is -0.544. The molecule has 2 aromatic carbocycles. The van der Waals surface area contributed by atoms with Crippen molar-refractivity contribution in [2.45, 2.75) is 19.4 Å². The van der Waals surface area contributed by atoms with Gasteiger partial charge in [0.05, 0.1) is 22.4 Å². The molecule has 8 heteroatoms. The highest BCUT2D eigenvalue weighted by molar-refractivity contribution is 5.94. The lowest BCUT2D eigenvalue weighted by Crippen LogP contribution is -2.22. The molecule has 3 aromatic heterocycles. The third kappa shape index (κ3) is 4.09. The van der Waals surface area contributed by atoms with Crippen molar-refractivity contribution < 1.29 is 4.79 Å². The van der Waals surface area contributed by atoms with Crippen LogP contribution in [-0.4, -0.2) is 30.4 Å². The number of carbonyl (C=O) groups is 1. The third-order valence-electron chi connectivity index (χ3n) is 5.84. The molecule has 0 saturated carbocycles. The molecule has 0 radical (unpaired) electrons. The van der Waals surface area contributed by atoms with E-state index < -0.39 is 5.91 Å². The average Bonchev–Trinajstić information content (AvgIpc) is 3.17. The molecular weight excluding hydrogens is 428 g/mol. The lowest BCUT2D eigenvalue weighted by molar-refractivity contribution is 0.1000. The van der Waals surface area contributed by atoms with E-state index in [1.165, 1.54) is 0 Å². The maximum Gasteiger partial charge on any atom is 0.326 e. The molecule has 1 unspecified atom stereocenters. The molecule has 3 heterocycles. The second-order valence-corrected chi connectivity index (χ2v) is 8.17. The summed E-state index contributed by atoms with van der Waals surface area (Å²) in [7, 11) is 0. The summed E-state index contributed by atoms with van der Waals surface area (Å²) in [5.41, 5.74) is 11.3. The van der Waals surface area contributed by atoms with Gasteiger partial charge in [-0.05, 0) is 54.4 Å². The number of benzene rings is 2. The number of pyridine rings is 1. The van der Waals surface area contributed by atoms with E-state index in [1.54, 1.807) is 41.5 Å². The first-order valence-electron chi connectivity index (χ1n) is 10.8. The van der Waals surface area contributed by atoms with Gasteiger partial charge in [0.2, 0.25) is 5.91 Å². The van der Waals surface area contributed by atoms with Gasteiger partial charge in [-0.15, -0.1) is 0 Å². The molecule has 1 amide bonds. The summed E-state index contributed by atoms with van der Waals surface area (Å²) in [6, 6.07) is 16.8. The Morgan fingerprint density at radius 2 is 1.91 bits per heavy atom. The van der Waals surface area contributed by atoms with E-state index in [0.717, 1.165) is 33.4 Å². The molecule has 0 saturated heterocycles. The molecule has 0 fully saturated rings. The van der Waals surface area contributed by atoms with E-state index in [9.17, 15) is 9.59 Å². The summed E-state index contributed by atoms with van der Waals surface area (Å²) in [4.78, 5) is 41.2. The molecule has 3 N–H and O–H groups in total. The largest absolute Gasteiger partial charge is 0.366 e. The molecule has 34 heavy (non-hydrogen) atoms. The zero-order valence-electron chi connectivity index (χ0n) is 18.5. The van der Waals surface area contributed by atoms with Gasteiger partial charge in [-0.1, -0.05) is 18.2 Å². The number of H-pyrrole nitrogens is 1. The Balaban J connectivity index is 1.68. The molecule has 5 rings (SSSR count). The Morgan fingerprint density at radius 1 is 1.06 bits per heavy atom. The topological polar surface area (TPSA) is 120 Å². The van der Waals surface area contributed by atoms with Crippen LogP contribution in [0.1, 0.15) is 33.1 Å². The molecule has 8 nitrogen and oxygen atoms in total. The monoisotopic (exact) mass is 450 g/mol. The Hall–Kier alpha value is -4.59. The highest BCUT2D eigenvalue weighted by atomic mass is 16.1. The Bertz CT molecular complexity index is 1540. The minimum absolute atomic E-state index is 0.221. The molecule has 168 valence electrons. The number of primary amides is 1. The maximum atomic E-state index is 12.8. The lowest BCUT2D eigenvalue weighted by Gasteiger charge is -2.19. The smallest absolute Gasteiger partial charge is 0.326 e. The van der Waals surface area contributed by atoms with Crippen molar-refractivity contribution in [1.29, 1.82) is 0 Å². The van der Waals surface area contributed by atoms with Crippen LogP contribution in [0.4, 0.5) is 0 Å². The highest BCUT2D eigenvalue weighted by Crippen LogP contribution is 2.30. The average molecular weight is 451 g/mol. The number of hydrogen-bond donors (Lipinski definition) is 2. The van der Waals surface area contributed by atoms with E-state index in [1.807, 2.05) is 49.4 Å². The molecule has 0 aliphatic carbocycles. The van der Waals surface area contributed by atoms with Gasteiger partial charge < -0.3 is 10.7 Å². The summed E-state index contributed by atoms with van der Waals surface area (Å²) < 4.78 is 1.68. The summed E-state index contributed by atoms with van der Waals surface area (Å²) in [5, 5.41) is 0. The van der Waals surface area contributed by atoms with E-state index in [0.29, 0.717) is 17.8 Å². The number of nitrogens with zero attached hydrogens (tertiary/aromatic N) is 4. The fraction of sp³-hybridized carbons (Fsp3) is 0.115. The van der Waals surface area contributed by atoms with E-state index in [2.05, 4.69) is 19.9 Å². The van der Waals surface area contributed by atoms with Crippen molar-refractivity contribution in [3.63, 3.8) is 0 Å². The number of aromatic amines is 1. The van der Waals surface area contributed by atoms with Crippen LogP contribution in [0.25, 0.3) is 22.3 Å². The number of hydrogen-bond acceptors (Lipinski definition) is 5. The van der Waals surface area contributed by atoms with Crippen LogP contribution < -0.4 is 11.4 Å². The highest BCUT2D eigenvalue weighted by Gasteiger charge is 2.22. The van der Waals surface area contributed by atoms with Crippen molar-refractivity contribution in [2.24, 2.45) is 5.73 Å². The van der Waals surface area contributed by atoms with Crippen LogP contribution in [0.15, 0.2) is 84.2 Å². The van der Waals surface area contributed by atoms with Gasteiger partial charge >= 0.3 is 5.69 Å². The first-order valence-corrected chi connectivity index (χ1v) is 10.8. The number of nitrogens with one attached hydrogen (secondary N) is 1. The van der Waals surface area contributed by atoms with Crippen molar-refractivity contribution >= 4 is 16.9 Å².